The molecule has 1 N–H and O–H groups in total. The SMILES string of the molecule is COc1ccc(F)cc1[C@@H](C)NC1CCOCC1. The normalized spacial score (nSPS) is 18.6. The van der Waals surface area contributed by atoms with Crippen LogP contribution in [0.25, 0.3) is 0 Å². The highest BCUT2D eigenvalue weighted by Crippen LogP contribution is 2.26. The molecule has 1 aromatic rings. The summed E-state index contributed by atoms with van der Waals surface area (Å²) in [6.45, 7) is 3.63. The smallest absolute Gasteiger partial charge is 0.123 e. The van der Waals surface area contributed by atoms with Crippen molar-refractivity contribution in [2.45, 2.75) is 31.8 Å². The van der Waals surface area contributed by atoms with Crippen LogP contribution in [0.1, 0.15) is 31.4 Å². The van der Waals surface area contributed by atoms with Gasteiger partial charge in [0.25, 0.3) is 0 Å². The van der Waals surface area contributed by atoms with Gasteiger partial charge in [0, 0.05) is 30.9 Å². The van der Waals surface area contributed by atoms with Crippen LogP contribution >= 0.6 is 0 Å². The van der Waals surface area contributed by atoms with Gasteiger partial charge in [-0.15, -0.1) is 0 Å². The van der Waals surface area contributed by atoms with Crippen molar-refractivity contribution in [2.24, 2.45) is 0 Å². The van der Waals surface area contributed by atoms with Crippen molar-refractivity contribution in [3.05, 3.63) is 29.6 Å². The fraction of sp³-hybridized carbons (Fsp3) is 0.571. The second-order valence-corrected chi connectivity index (χ2v) is 4.66. The van der Waals surface area contributed by atoms with Gasteiger partial charge >= 0.3 is 0 Å². The van der Waals surface area contributed by atoms with Crippen molar-refractivity contribution < 1.29 is 13.9 Å². The summed E-state index contributed by atoms with van der Waals surface area (Å²) >= 11 is 0. The van der Waals surface area contributed by atoms with Gasteiger partial charge in [-0.05, 0) is 38.0 Å². The lowest BCUT2D eigenvalue weighted by Gasteiger charge is -2.27. The molecular formula is C14H20FNO2. The molecule has 100 valence electrons. The quantitative estimate of drug-likeness (QED) is 0.895. The van der Waals surface area contributed by atoms with E-state index in [9.17, 15) is 4.39 Å². The lowest BCUT2D eigenvalue weighted by Crippen LogP contribution is -2.36. The molecule has 1 heterocycles. The average Bonchev–Trinajstić information content (AvgIpc) is 2.40. The standard InChI is InChI=1S/C14H20FNO2/c1-10(16-12-5-7-18-8-6-12)13-9-11(15)3-4-14(13)17-2/h3-4,9-10,12,16H,5-8H2,1-2H3/t10-/m1/s1. The second kappa shape index (κ2) is 6.16. The van der Waals surface area contributed by atoms with Crippen LogP contribution in [0.4, 0.5) is 4.39 Å². The Hall–Kier alpha value is -1.13. The lowest BCUT2D eigenvalue weighted by atomic mass is 10.0. The third-order valence-corrected chi connectivity index (χ3v) is 3.37. The van der Waals surface area contributed by atoms with Crippen LogP contribution in [0.5, 0.6) is 5.75 Å². The highest BCUT2D eigenvalue weighted by molar-refractivity contribution is 5.36. The molecule has 1 atom stereocenters. The first-order valence-corrected chi connectivity index (χ1v) is 6.38. The van der Waals surface area contributed by atoms with E-state index in [0.29, 0.717) is 6.04 Å². The van der Waals surface area contributed by atoms with E-state index in [-0.39, 0.29) is 11.9 Å². The van der Waals surface area contributed by atoms with Crippen LogP contribution in [-0.4, -0.2) is 26.4 Å². The van der Waals surface area contributed by atoms with E-state index < -0.39 is 0 Å². The summed E-state index contributed by atoms with van der Waals surface area (Å²) in [4.78, 5) is 0. The van der Waals surface area contributed by atoms with Gasteiger partial charge in [0.2, 0.25) is 0 Å². The predicted molar refractivity (Wildman–Crippen MR) is 68.3 cm³/mol. The summed E-state index contributed by atoms with van der Waals surface area (Å²) in [5.74, 6) is 0.495. The van der Waals surface area contributed by atoms with Crippen molar-refractivity contribution in [3.63, 3.8) is 0 Å². The van der Waals surface area contributed by atoms with Gasteiger partial charge in [-0.25, -0.2) is 4.39 Å². The molecule has 1 saturated heterocycles. The minimum absolute atomic E-state index is 0.0683. The molecule has 3 nitrogen and oxygen atoms in total. The minimum Gasteiger partial charge on any atom is -0.496 e. The van der Waals surface area contributed by atoms with E-state index in [1.54, 1.807) is 13.2 Å². The monoisotopic (exact) mass is 253 g/mol. The highest BCUT2D eigenvalue weighted by Gasteiger charge is 2.19. The molecule has 0 radical (unpaired) electrons. The summed E-state index contributed by atoms with van der Waals surface area (Å²) in [5, 5.41) is 3.51. The molecule has 0 aromatic heterocycles. The Labute approximate surface area is 107 Å². The predicted octanol–water partition coefficient (Wildman–Crippen LogP) is 2.66. The molecule has 0 unspecified atom stereocenters. The number of rotatable bonds is 4. The van der Waals surface area contributed by atoms with E-state index >= 15 is 0 Å². The van der Waals surface area contributed by atoms with E-state index in [1.807, 2.05) is 6.92 Å². The number of benzene rings is 1. The molecule has 18 heavy (non-hydrogen) atoms. The largest absolute Gasteiger partial charge is 0.496 e. The molecule has 1 aliphatic heterocycles. The van der Waals surface area contributed by atoms with Crippen LogP contribution in [0.2, 0.25) is 0 Å². The van der Waals surface area contributed by atoms with Crippen molar-refractivity contribution in [3.8, 4) is 5.75 Å². The maximum atomic E-state index is 13.3. The van der Waals surface area contributed by atoms with Crippen molar-refractivity contribution in [1.82, 2.24) is 5.32 Å². The number of hydrogen-bond donors (Lipinski definition) is 1. The van der Waals surface area contributed by atoms with E-state index in [4.69, 9.17) is 9.47 Å². The third kappa shape index (κ3) is 3.21. The lowest BCUT2D eigenvalue weighted by molar-refractivity contribution is 0.0753. The summed E-state index contributed by atoms with van der Waals surface area (Å²) in [6, 6.07) is 5.13. The Morgan fingerprint density at radius 3 is 2.78 bits per heavy atom. The zero-order valence-electron chi connectivity index (χ0n) is 10.9. The Morgan fingerprint density at radius 1 is 1.39 bits per heavy atom. The Bertz CT molecular complexity index is 391. The van der Waals surface area contributed by atoms with Crippen LogP contribution in [0.3, 0.4) is 0 Å². The van der Waals surface area contributed by atoms with Gasteiger partial charge in [-0.3, -0.25) is 0 Å². The van der Waals surface area contributed by atoms with Gasteiger partial charge in [0.15, 0.2) is 0 Å². The first-order valence-electron chi connectivity index (χ1n) is 6.38. The number of ether oxygens (including phenoxy) is 2. The Balaban J connectivity index is 2.07. The van der Waals surface area contributed by atoms with Crippen LogP contribution in [-0.2, 0) is 4.74 Å². The first-order chi connectivity index (χ1) is 8.70. The Morgan fingerprint density at radius 2 is 2.11 bits per heavy atom. The first kappa shape index (κ1) is 13.3. The van der Waals surface area contributed by atoms with E-state index in [2.05, 4.69) is 5.32 Å². The summed E-state index contributed by atoms with van der Waals surface area (Å²) < 4.78 is 23.9. The average molecular weight is 253 g/mol. The molecular weight excluding hydrogens is 233 g/mol. The highest BCUT2D eigenvalue weighted by atomic mass is 19.1. The fourth-order valence-electron chi connectivity index (χ4n) is 2.35. The van der Waals surface area contributed by atoms with Crippen LogP contribution in [0, 0.1) is 5.82 Å². The van der Waals surface area contributed by atoms with E-state index in [1.165, 1.54) is 12.1 Å². The van der Waals surface area contributed by atoms with Crippen molar-refractivity contribution in [1.29, 1.82) is 0 Å². The molecule has 1 fully saturated rings. The van der Waals surface area contributed by atoms with Crippen molar-refractivity contribution in [2.75, 3.05) is 20.3 Å². The molecule has 0 saturated carbocycles. The minimum atomic E-state index is -0.230. The zero-order chi connectivity index (χ0) is 13.0. The molecule has 0 bridgehead atoms. The summed E-state index contributed by atoms with van der Waals surface area (Å²) in [5.41, 5.74) is 0.865. The molecule has 2 rings (SSSR count). The number of hydrogen-bond acceptors (Lipinski definition) is 3. The molecule has 0 aliphatic carbocycles. The number of halogens is 1. The maximum absolute atomic E-state index is 13.3. The van der Waals surface area contributed by atoms with Gasteiger partial charge < -0.3 is 14.8 Å². The van der Waals surface area contributed by atoms with E-state index in [0.717, 1.165) is 37.4 Å². The third-order valence-electron chi connectivity index (χ3n) is 3.37. The van der Waals surface area contributed by atoms with Crippen LogP contribution < -0.4 is 10.1 Å². The Kier molecular flexibility index (Phi) is 4.55. The van der Waals surface area contributed by atoms with Gasteiger partial charge in [0.1, 0.15) is 11.6 Å². The second-order valence-electron chi connectivity index (χ2n) is 4.66. The zero-order valence-corrected chi connectivity index (χ0v) is 10.9. The summed E-state index contributed by atoms with van der Waals surface area (Å²) in [7, 11) is 1.61. The fourth-order valence-corrected chi connectivity index (χ4v) is 2.35. The number of nitrogens with one attached hydrogen (secondary N) is 1. The molecule has 0 amide bonds. The molecule has 1 aromatic carbocycles. The molecule has 1 aliphatic rings. The van der Waals surface area contributed by atoms with Crippen LogP contribution in [0.15, 0.2) is 18.2 Å². The van der Waals surface area contributed by atoms with Gasteiger partial charge in [0.05, 0.1) is 7.11 Å². The summed E-state index contributed by atoms with van der Waals surface area (Å²) in [6.07, 6.45) is 2.00. The molecule has 4 heteroatoms. The van der Waals surface area contributed by atoms with Crippen molar-refractivity contribution >= 4 is 0 Å². The van der Waals surface area contributed by atoms with Gasteiger partial charge in [-0.2, -0.15) is 0 Å². The topological polar surface area (TPSA) is 30.5 Å². The number of methoxy groups -OCH3 is 1. The molecule has 0 spiro atoms. The maximum Gasteiger partial charge on any atom is 0.123 e. The van der Waals surface area contributed by atoms with Gasteiger partial charge in [-0.1, -0.05) is 0 Å².